The van der Waals surface area contributed by atoms with E-state index in [4.69, 9.17) is 9.84 Å². The molecule has 1 saturated heterocycles. The Kier molecular flexibility index (Phi) is 3.57. The van der Waals surface area contributed by atoms with E-state index >= 15 is 0 Å². The zero-order valence-corrected chi connectivity index (χ0v) is 10.2. The third-order valence-electron chi connectivity index (χ3n) is 2.46. The lowest BCUT2D eigenvalue weighted by Crippen LogP contribution is -2.54. The first-order chi connectivity index (χ1) is 7.21. The summed E-state index contributed by atoms with van der Waals surface area (Å²) in [6, 6.07) is 0. The average molecular weight is 229 g/mol. The molecular weight excluding hydrogens is 210 g/mol. The number of carboxylic acids is 1. The van der Waals surface area contributed by atoms with Crippen molar-refractivity contribution in [1.29, 1.82) is 0 Å². The molecule has 1 aliphatic heterocycles. The van der Waals surface area contributed by atoms with E-state index in [-0.39, 0.29) is 18.6 Å². The van der Waals surface area contributed by atoms with Crippen LogP contribution in [0.2, 0.25) is 0 Å². The number of ether oxygens (including phenoxy) is 1. The second kappa shape index (κ2) is 4.41. The highest BCUT2D eigenvalue weighted by molar-refractivity contribution is 5.82. The van der Waals surface area contributed by atoms with Gasteiger partial charge in [0.2, 0.25) is 5.91 Å². The normalized spacial score (nSPS) is 26.6. The maximum atomic E-state index is 12.0. The summed E-state index contributed by atoms with van der Waals surface area (Å²) in [5, 5.41) is 8.90. The van der Waals surface area contributed by atoms with Crippen LogP contribution in [0.4, 0.5) is 0 Å². The van der Waals surface area contributed by atoms with Crippen molar-refractivity contribution in [2.45, 2.75) is 39.9 Å². The molecule has 5 heteroatoms. The highest BCUT2D eigenvalue weighted by Gasteiger charge is 2.36. The monoisotopic (exact) mass is 229 g/mol. The average Bonchev–Trinajstić information content (AvgIpc) is 2.14. The Balaban J connectivity index is 2.75. The van der Waals surface area contributed by atoms with Gasteiger partial charge >= 0.3 is 5.97 Å². The summed E-state index contributed by atoms with van der Waals surface area (Å²) >= 11 is 0. The van der Waals surface area contributed by atoms with Gasteiger partial charge in [0.25, 0.3) is 0 Å². The third-order valence-corrected chi connectivity index (χ3v) is 2.46. The molecule has 1 aliphatic rings. The standard InChI is InChI=1S/C11H19NO4/c1-7-5-12(10(15)11(2,3)4)6-8(16-7)9(13)14/h7-8H,5-6H2,1-4H3,(H,13,14)/t7-,8?/m1/s1. The SMILES string of the molecule is C[C@@H]1CN(C(=O)C(C)(C)C)CC(C(=O)O)O1. The molecule has 1 fully saturated rings. The molecule has 0 saturated carbocycles. The Labute approximate surface area is 95.4 Å². The number of hydrogen-bond acceptors (Lipinski definition) is 3. The van der Waals surface area contributed by atoms with Crippen LogP contribution >= 0.6 is 0 Å². The van der Waals surface area contributed by atoms with E-state index in [0.717, 1.165) is 0 Å². The molecule has 1 heterocycles. The van der Waals surface area contributed by atoms with Crippen molar-refractivity contribution in [2.75, 3.05) is 13.1 Å². The predicted molar refractivity (Wildman–Crippen MR) is 58.0 cm³/mol. The second-order valence-electron chi connectivity index (χ2n) is 5.23. The molecule has 1 rings (SSSR count). The molecule has 0 aromatic heterocycles. The van der Waals surface area contributed by atoms with Crippen molar-refractivity contribution in [3.8, 4) is 0 Å². The van der Waals surface area contributed by atoms with Crippen LogP contribution in [0.3, 0.4) is 0 Å². The van der Waals surface area contributed by atoms with Gasteiger partial charge in [0, 0.05) is 12.0 Å². The number of carboxylic acid groups (broad SMARTS) is 1. The number of carbonyl (C=O) groups is 2. The molecule has 2 atom stereocenters. The van der Waals surface area contributed by atoms with Gasteiger partial charge in [-0.3, -0.25) is 4.79 Å². The van der Waals surface area contributed by atoms with Crippen LogP contribution in [0.15, 0.2) is 0 Å². The Hall–Kier alpha value is -1.10. The Morgan fingerprint density at radius 3 is 2.31 bits per heavy atom. The van der Waals surface area contributed by atoms with Crippen LogP contribution in [-0.2, 0) is 14.3 Å². The van der Waals surface area contributed by atoms with Gasteiger partial charge in [0.05, 0.1) is 12.6 Å². The zero-order chi connectivity index (χ0) is 12.5. The van der Waals surface area contributed by atoms with Gasteiger partial charge in [0.15, 0.2) is 6.10 Å². The van der Waals surface area contributed by atoms with Gasteiger partial charge in [-0.1, -0.05) is 20.8 Å². The van der Waals surface area contributed by atoms with Crippen LogP contribution in [-0.4, -0.2) is 47.2 Å². The number of hydrogen-bond donors (Lipinski definition) is 1. The maximum Gasteiger partial charge on any atom is 0.334 e. The molecule has 0 aromatic rings. The Morgan fingerprint density at radius 2 is 1.88 bits per heavy atom. The van der Waals surface area contributed by atoms with Gasteiger partial charge in [-0.2, -0.15) is 0 Å². The molecule has 92 valence electrons. The molecule has 0 spiro atoms. The third kappa shape index (κ3) is 2.95. The summed E-state index contributed by atoms with van der Waals surface area (Å²) in [6.07, 6.45) is -1.14. The predicted octanol–water partition coefficient (Wildman–Crippen LogP) is 0.733. The molecule has 1 N–H and O–H groups in total. The van der Waals surface area contributed by atoms with Gasteiger partial charge in [0.1, 0.15) is 0 Å². The highest BCUT2D eigenvalue weighted by atomic mass is 16.5. The van der Waals surface area contributed by atoms with Crippen LogP contribution in [0, 0.1) is 5.41 Å². The number of carbonyl (C=O) groups excluding carboxylic acids is 1. The fraction of sp³-hybridized carbons (Fsp3) is 0.818. The van der Waals surface area contributed by atoms with Crippen molar-refractivity contribution in [2.24, 2.45) is 5.41 Å². The molecule has 0 aliphatic carbocycles. The minimum Gasteiger partial charge on any atom is -0.479 e. The first kappa shape index (κ1) is 13.0. The molecule has 5 nitrogen and oxygen atoms in total. The largest absolute Gasteiger partial charge is 0.479 e. The summed E-state index contributed by atoms with van der Waals surface area (Å²) in [5.41, 5.74) is -0.486. The zero-order valence-electron chi connectivity index (χ0n) is 10.2. The lowest BCUT2D eigenvalue weighted by atomic mass is 9.94. The second-order valence-corrected chi connectivity index (χ2v) is 5.23. The summed E-state index contributed by atoms with van der Waals surface area (Å²) in [7, 11) is 0. The van der Waals surface area contributed by atoms with Crippen LogP contribution < -0.4 is 0 Å². The lowest BCUT2D eigenvalue weighted by Gasteiger charge is -2.38. The van der Waals surface area contributed by atoms with E-state index in [1.807, 2.05) is 20.8 Å². The van der Waals surface area contributed by atoms with E-state index in [2.05, 4.69) is 0 Å². The van der Waals surface area contributed by atoms with Crippen LogP contribution in [0.1, 0.15) is 27.7 Å². The van der Waals surface area contributed by atoms with E-state index < -0.39 is 17.5 Å². The molecular formula is C11H19NO4. The molecule has 1 amide bonds. The summed E-state index contributed by atoms with van der Waals surface area (Å²) < 4.78 is 5.25. The highest BCUT2D eigenvalue weighted by Crippen LogP contribution is 2.21. The molecule has 0 bridgehead atoms. The number of morpholine rings is 1. The maximum absolute atomic E-state index is 12.0. The topological polar surface area (TPSA) is 66.8 Å². The number of amides is 1. The van der Waals surface area contributed by atoms with Crippen LogP contribution in [0.25, 0.3) is 0 Å². The Morgan fingerprint density at radius 1 is 1.31 bits per heavy atom. The molecule has 0 aromatic carbocycles. The quantitative estimate of drug-likeness (QED) is 0.720. The number of aliphatic carboxylic acids is 1. The van der Waals surface area contributed by atoms with Crippen LogP contribution in [0.5, 0.6) is 0 Å². The minimum atomic E-state index is -1.02. The summed E-state index contributed by atoms with van der Waals surface area (Å²) in [4.78, 5) is 24.4. The first-order valence-electron chi connectivity index (χ1n) is 5.39. The molecule has 1 unspecified atom stereocenters. The number of nitrogens with zero attached hydrogens (tertiary/aromatic N) is 1. The van der Waals surface area contributed by atoms with Crippen molar-refractivity contribution in [3.63, 3.8) is 0 Å². The van der Waals surface area contributed by atoms with Gasteiger partial charge in [-0.05, 0) is 6.92 Å². The summed E-state index contributed by atoms with van der Waals surface area (Å²) in [6.45, 7) is 7.84. The van der Waals surface area contributed by atoms with Crippen molar-refractivity contribution in [3.05, 3.63) is 0 Å². The molecule has 0 radical (unpaired) electrons. The smallest absolute Gasteiger partial charge is 0.334 e. The minimum absolute atomic E-state index is 0.0334. The van der Waals surface area contributed by atoms with E-state index in [0.29, 0.717) is 6.54 Å². The Bertz CT molecular complexity index is 295. The van der Waals surface area contributed by atoms with Crippen molar-refractivity contribution < 1.29 is 19.4 Å². The van der Waals surface area contributed by atoms with E-state index in [9.17, 15) is 9.59 Å². The fourth-order valence-corrected chi connectivity index (χ4v) is 1.73. The first-order valence-corrected chi connectivity index (χ1v) is 5.39. The van der Waals surface area contributed by atoms with Crippen molar-refractivity contribution in [1.82, 2.24) is 4.90 Å². The van der Waals surface area contributed by atoms with Gasteiger partial charge in [-0.25, -0.2) is 4.79 Å². The van der Waals surface area contributed by atoms with Gasteiger partial charge in [-0.15, -0.1) is 0 Å². The van der Waals surface area contributed by atoms with E-state index in [1.165, 1.54) is 0 Å². The van der Waals surface area contributed by atoms with E-state index in [1.54, 1.807) is 11.8 Å². The lowest BCUT2D eigenvalue weighted by molar-refractivity contribution is -0.169. The molecule has 16 heavy (non-hydrogen) atoms. The fourth-order valence-electron chi connectivity index (χ4n) is 1.73. The van der Waals surface area contributed by atoms with Crippen molar-refractivity contribution >= 4 is 11.9 Å². The number of rotatable bonds is 1. The summed E-state index contributed by atoms with van der Waals surface area (Å²) in [5.74, 6) is -1.05. The van der Waals surface area contributed by atoms with Gasteiger partial charge < -0.3 is 14.7 Å².